The van der Waals surface area contributed by atoms with Crippen LogP contribution >= 0.6 is 11.8 Å². The van der Waals surface area contributed by atoms with E-state index in [1.807, 2.05) is 18.9 Å². The second-order valence-electron chi connectivity index (χ2n) is 3.17. The fourth-order valence-corrected chi connectivity index (χ4v) is 1.48. The lowest BCUT2D eigenvalue weighted by molar-refractivity contribution is 0.471. The third-order valence-corrected chi connectivity index (χ3v) is 2.53. The molecule has 0 bridgehead atoms. The Bertz CT molecular complexity index is 279. The van der Waals surface area contributed by atoms with Crippen molar-refractivity contribution >= 4 is 17.8 Å². The van der Waals surface area contributed by atoms with E-state index in [0.29, 0.717) is 18.5 Å². The van der Waals surface area contributed by atoms with Crippen molar-refractivity contribution in [3.63, 3.8) is 0 Å². The molecule has 0 aliphatic carbocycles. The van der Waals surface area contributed by atoms with Crippen molar-refractivity contribution < 1.29 is 4.42 Å². The Morgan fingerprint density at radius 1 is 1.47 bits per heavy atom. The fourth-order valence-electron chi connectivity index (χ4n) is 1.03. The van der Waals surface area contributed by atoms with Crippen LogP contribution in [-0.4, -0.2) is 42.3 Å². The molecule has 0 amide bonds. The molecule has 15 heavy (non-hydrogen) atoms. The highest BCUT2D eigenvalue weighted by Crippen LogP contribution is 2.10. The molecule has 0 saturated carbocycles. The zero-order valence-electron chi connectivity index (χ0n) is 9.49. The molecule has 0 fully saturated rings. The molecule has 0 radical (unpaired) electrons. The van der Waals surface area contributed by atoms with Crippen LogP contribution in [0, 0.1) is 0 Å². The second-order valence-corrected chi connectivity index (χ2v) is 4.16. The molecular weight excluding hydrogens is 212 g/mol. The van der Waals surface area contributed by atoms with Gasteiger partial charge in [-0.15, -0.1) is 5.10 Å². The highest BCUT2D eigenvalue weighted by atomic mass is 32.2. The van der Waals surface area contributed by atoms with Crippen LogP contribution in [0.5, 0.6) is 0 Å². The maximum absolute atomic E-state index is 5.48. The molecule has 0 aromatic carbocycles. The van der Waals surface area contributed by atoms with Gasteiger partial charge in [0.15, 0.2) is 0 Å². The first-order valence-corrected chi connectivity index (χ1v) is 6.40. The van der Waals surface area contributed by atoms with E-state index in [-0.39, 0.29) is 0 Å². The standard InChI is InChI=1S/C9H18N4OS/c1-4-10-7-8-11-12-9(14-8)13(2)5-6-15-3/h10H,4-7H2,1-3H3. The number of nitrogens with one attached hydrogen (secondary N) is 1. The van der Waals surface area contributed by atoms with Gasteiger partial charge in [0, 0.05) is 19.3 Å². The Hall–Kier alpha value is -0.750. The Labute approximate surface area is 94.6 Å². The largest absolute Gasteiger partial charge is 0.407 e. The maximum atomic E-state index is 5.48. The summed E-state index contributed by atoms with van der Waals surface area (Å²) in [7, 11) is 1.96. The predicted molar refractivity (Wildman–Crippen MR) is 63.3 cm³/mol. The summed E-state index contributed by atoms with van der Waals surface area (Å²) >= 11 is 1.80. The van der Waals surface area contributed by atoms with Crippen molar-refractivity contribution in [1.82, 2.24) is 15.5 Å². The first-order valence-electron chi connectivity index (χ1n) is 5.01. The summed E-state index contributed by atoms with van der Waals surface area (Å²) in [5, 5.41) is 11.1. The monoisotopic (exact) mass is 230 g/mol. The van der Waals surface area contributed by atoms with Crippen LogP contribution < -0.4 is 10.2 Å². The van der Waals surface area contributed by atoms with Crippen LogP contribution in [0.25, 0.3) is 0 Å². The van der Waals surface area contributed by atoms with Crippen molar-refractivity contribution in [2.75, 3.05) is 37.0 Å². The van der Waals surface area contributed by atoms with Gasteiger partial charge in [0.2, 0.25) is 5.89 Å². The minimum Gasteiger partial charge on any atom is -0.407 e. The quantitative estimate of drug-likeness (QED) is 0.753. The first-order chi connectivity index (χ1) is 7.27. The Morgan fingerprint density at radius 2 is 2.27 bits per heavy atom. The molecular formula is C9H18N4OS. The van der Waals surface area contributed by atoms with Gasteiger partial charge in [0.25, 0.3) is 0 Å². The van der Waals surface area contributed by atoms with Crippen molar-refractivity contribution in [2.45, 2.75) is 13.5 Å². The van der Waals surface area contributed by atoms with Gasteiger partial charge in [-0.1, -0.05) is 12.0 Å². The van der Waals surface area contributed by atoms with Crippen molar-refractivity contribution in [3.05, 3.63) is 5.89 Å². The van der Waals surface area contributed by atoms with Gasteiger partial charge >= 0.3 is 6.01 Å². The summed E-state index contributed by atoms with van der Waals surface area (Å²) in [5.74, 6) is 1.70. The summed E-state index contributed by atoms with van der Waals surface area (Å²) in [6.07, 6.45) is 2.08. The summed E-state index contributed by atoms with van der Waals surface area (Å²) in [4.78, 5) is 1.97. The molecule has 5 nitrogen and oxygen atoms in total. The number of nitrogens with zero attached hydrogens (tertiary/aromatic N) is 3. The van der Waals surface area contributed by atoms with Crippen LogP contribution in [0.15, 0.2) is 4.42 Å². The highest BCUT2D eigenvalue weighted by molar-refractivity contribution is 7.98. The Kier molecular flexibility index (Phi) is 5.49. The Morgan fingerprint density at radius 3 is 2.93 bits per heavy atom. The van der Waals surface area contributed by atoms with Crippen LogP contribution in [0.1, 0.15) is 12.8 Å². The van der Waals surface area contributed by atoms with Gasteiger partial charge in [0.05, 0.1) is 6.54 Å². The zero-order valence-corrected chi connectivity index (χ0v) is 10.3. The number of hydrogen-bond acceptors (Lipinski definition) is 6. The highest BCUT2D eigenvalue weighted by Gasteiger charge is 2.09. The van der Waals surface area contributed by atoms with Crippen LogP contribution in [0.4, 0.5) is 6.01 Å². The van der Waals surface area contributed by atoms with E-state index in [2.05, 4.69) is 21.8 Å². The summed E-state index contributed by atoms with van der Waals surface area (Å²) < 4.78 is 5.48. The fraction of sp³-hybridized carbons (Fsp3) is 0.778. The van der Waals surface area contributed by atoms with Crippen LogP contribution in [-0.2, 0) is 6.54 Å². The lowest BCUT2D eigenvalue weighted by Crippen LogP contribution is -2.20. The smallest absolute Gasteiger partial charge is 0.317 e. The van der Waals surface area contributed by atoms with E-state index >= 15 is 0 Å². The van der Waals surface area contributed by atoms with Gasteiger partial charge < -0.3 is 14.6 Å². The minimum absolute atomic E-state index is 0.594. The zero-order chi connectivity index (χ0) is 11.1. The van der Waals surface area contributed by atoms with Crippen LogP contribution in [0.3, 0.4) is 0 Å². The predicted octanol–water partition coefficient (Wildman–Crippen LogP) is 0.978. The maximum Gasteiger partial charge on any atom is 0.317 e. The molecule has 86 valence electrons. The third kappa shape index (κ3) is 4.09. The number of rotatable bonds is 7. The van der Waals surface area contributed by atoms with Crippen molar-refractivity contribution in [1.29, 1.82) is 0 Å². The third-order valence-electron chi connectivity index (χ3n) is 1.94. The van der Waals surface area contributed by atoms with E-state index in [1.54, 1.807) is 11.8 Å². The molecule has 1 rings (SSSR count). The second kappa shape index (κ2) is 6.68. The average Bonchev–Trinajstić information content (AvgIpc) is 2.71. The molecule has 6 heteroatoms. The molecule has 0 saturated heterocycles. The van der Waals surface area contributed by atoms with E-state index in [9.17, 15) is 0 Å². The lowest BCUT2D eigenvalue weighted by atomic mass is 10.6. The Balaban J connectivity index is 2.43. The summed E-state index contributed by atoms with van der Waals surface area (Å²) in [6, 6.07) is 0.594. The van der Waals surface area contributed by atoms with Crippen molar-refractivity contribution in [2.24, 2.45) is 0 Å². The summed E-state index contributed by atoms with van der Waals surface area (Å²) in [5.41, 5.74) is 0. The topological polar surface area (TPSA) is 54.2 Å². The molecule has 1 aromatic heterocycles. The number of thioether (sulfide) groups is 1. The number of aromatic nitrogens is 2. The molecule has 1 aromatic rings. The molecule has 1 heterocycles. The minimum atomic E-state index is 0.594. The summed E-state index contributed by atoms with van der Waals surface area (Å²) in [6.45, 7) is 4.51. The SMILES string of the molecule is CCNCc1nnc(N(C)CCSC)o1. The first kappa shape index (κ1) is 12.3. The van der Waals surface area contributed by atoms with E-state index in [4.69, 9.17) is 4.42 Å². The molecule has 1 N–H and O–H groups in total. The van der Waals surface area contributed by atoms with Gasteiger partial charge in [-0.3, -0.25) is 0 Å². The number of hydrogen-bond donors (Lipinski definition) is 1. The van der Waals surface area contributed by atoms with Gasteiger partial charge in [-0.25, -0.2) is 0 Å². The average molecular weight is 230 g/mol. The van der Waals surface area contributed by atoms with E-state index in [0.717, 1.165) is 18.8 Å². The molecule has 0 aliphatic rings. The molecule has 0 unspecified atom stereocenters. The van der Waals surface area contributed by atoms with Gasteiger partial charge in [-0.05, 0) is 12.8 Å². The van der Waals surface area contributed by atoms with Gasteiger partial charge in [0.1, 0.15) is 0 Å². The van der Waals surface area contributed by atoms with Crippen molar-refractivity contribution in [3.8, 4) is 0 Å². The lowest BCUT2D eigenvalue weighted by Gasteiger charge is -2.11. The van der Waals surface area contributed by atoms with E-state index in [1.165, 1.54) is 0 Å². The normalized spacial score (nSPS) is 10.6. The molecule has 0 atom stereocenters. The van der Waals surface area contributed by atoms with Gasteiger partial charge in [-0.2, -0.15) is 11.8 Å². The number of anilines is 1. The molecule has 0 aliphatic heterocycles. The molecule has 0 spiro atoms. The van der Waals surface area contributed by atoms with Crippen LogP contribution in [0.2, 0.25) is 0 Å². The van der Waals surface area contributed by atoms with E-state index < -0.39 is 0 Å².